The number of piperidine rings is 1. The summed E-state index contributed by atoms with van der Waals surface area (Å²) in [5.74, 6) is 0.888. The molecule has 0 bridgehead atoms. The van der Waals surface area contributed by atoms with Crippen LogP contribution in [0.5, 0.6) is 0 Å². The Hall–Kier alpha value is -0.450. The maximum atomic E-state index is 4.38. The largest absolute Gasteiger partial charge is 0.316 e. The van der Waals surface area contributed by atoms with Gasteiger partial charge in [-0.2, -0.15) is 0 Å². The lowest BCUT2D eigenvalue weighted by Crippen LogP contribution is -2.43. The molecule has 2 aliphatic heterocycles. The molecular weight excluding hydrogens is 206 g/mol. The molecular formula is C11H17N3S. The van der Waals surface area contributed by atoms with E-state index in [0.717, 1.165) is 18.5 Å². The molecule has 2 atom stereocenters. The maximum absolute atomic E-state index is 4.38. The highest BCUT2D eigenvalue weighted by Gasteiger charge is 2.35. The Bertz CT molecular complexity index is 312. The Morgan fingerprint density at radius 1 is 1.53 bits per heavy atom. The molecule has 2 saturated heterocycles. The average molecular weight is 223 g/mol. The van der Waals surface area contributed by atoms with E-state index in [1.54, 1.807) is 11.3 Å². The molecule has 0 aliphatic carbocycles. The van der Waals surface area contributed by atoms with Gasteiger partial charge in [-0.3, -0.25) is 4.90 Å². The molecule has 2 aliphatic rings. The van der Waals surface area contributed by atoms with Crippen LogP contribution in [0.3, 0.4) is 0 Å². The van der Waals surface area contributed by atoms with Crippen molar-refractivity contribution in [2.45, 2.75) is 25.4 Å². The van der Waals surface area contributed by atoms with Gasteiger partial charge in [0, 0.05) is 17.6 Å². The van der Waals surface area contributed by atoms with Gasteiger partial charge in [0.2, 0.25) is 0 Å². The van der Waals surface area contributed by atoms with E-state index in [1.807, 2.05) is 6.20 Å². The molecule has 0 spiro atoms. The molecule has 82 valence electrons. The van der Waals surface area contributed by atoms with Gasteiger partial charge in [-0.05, 0) is 38.4 Å². The monoisotopic (exact) mass is 223 g/mol. The van der Waals surface area contributed by atoms with Gasteiger partial charge in [-0.1, -0.05) is 0 Å². The highest BCUT2D eigenvalue weighted by atomic mass is 32.1. The summed E-state index contributed by atoms with van der Waals surface area (Å²) in [6.45, 7) is 4.74. The van der Waals surface area contributed by atoms with Crippen LogP contribution in [0.15, 0.2) is 11.6 Å². The highest BCUT2D eigenvalue weighted by Crippen LogP contribution is 2.29. The fourth-order valence-electron chi connectivity index (χ4n) is 2.88. The first kappa shape index (κ1) is 9.75. The van der Waals surface area contributed by atoms with E-state index in [0.29, 0.717) is 0 Å². The van der Waals surface area contributed by atoms with Crippen molar-refractivity contribution in [3.63, 3.8) is 0 Å². The van der Waals surface area contributed by atoms with E-state index in [4.69, 9.17) is 0 Å². The average Bonchev–Trinajstić information content (AvgIpc) is 2.89. The first-order chi connectivity index (χ1) is 7.43. The first-order valence-corrected chi connectivity index (χ1v) is 6.64. The minimum atomic E-state index is 0.815. The molecule has 4 heteroatoms. The van der Waals surface area contributed by atoms with Crippen molar-refractivity contribution in [2.75, 3.05) is 19.6 Å². The van der Waals surface area contributed by atoms with Gasteiger partial charge in [0.05, 0.1) is 6.54 Å². The van der Waals surface area contributed by atoms with Crippen LogP contribution in [-0.4, -0.2) is 35.6 Å². The summed E-state index contributed by atoms with van der Waals surface area (Å²) in [5.41, 5.74) is 0. The second-order valence-electron chi connectivity index (χ2n) is 4.51. The van der Waals surface area contributed by atoms with Crippen molar-refractivity contribution in [2.24, 2.45) is 5.92 Å². The van der Waals surface area contributed by atoms with Crippen molar-refractivity contribution in [1.29, 1.82) is 0 Å². The quantitative estimate of drug-likeness (QED) is 0.820. The predicted octanol–water partition coefficient (Wildman–Crippen LogP) is 1.33. The van der Waals surface area contributed by atoms with Crippen LogP contribution in [0.4, 0.5) is 0 Å². The third-order valence-corrected chi connectivity index (χ3v) is 4.41. The molecule has 0 radical (unpaired) electrons. The minimum Gasteiger partial charge on any atom is -0.316 e. The SMILES string of the molecule is c1csc(CN2CC[C@@H]3CNCC[C@@H]32)n1. The molecule has 1 aromatic rings. The van der Waals surface area contributed by atoms with Gasteiger partial charge in [0.25, 0.3) is 0 Å². The van der Waals surface area contributed by atoms with Crippen molar-refractivity contribution in [3.05, 3.63) is 16.6 Å². The standard InChI is InChI=1S/C11H17N3S/c1-3-12-7-9-2-5-14(10(1)9)8-11-13-4-6-15-11/h4,6,9-10,12H,1-3,5,7-8H2/t9-,10+/m1/s1. The molecule has 15 heavy (non-hydrogen) atoms. The number of likely N-dealkylation sites (tertiary alicyclic amines) is 1. The third-order valence-electron chi connectivity index (χ3n) is 3.65. The number of nitrogens with one attached hydrogen (secondary N) is 1. The Morgan fingerprint density at radius 2 is 2.53 bits per heavy atom. The van der Waals surface area contributed by atoms with Crippen molar-refractivity contribution >= 4 is 11.3 Å². The Labute approximate surface area is 94.5 Å². The number of hydrogen-bond donors (Lipinski definition) is 1. The summed E-state index contributed by atoms with van der Waals surface area (Å²) >= 11 is 1.78. The van der Waals surface area contributed by atoms with E-state index in [2.05, 4.69) is 20.6 Å². The number of nitrogens with zero attached hydrogens (tertiary/aromatic N) is 2. The van der Waals surface area contributed by atoms with Crippen molar-refractivity contribution in [1.82, 2.24) is 15.2 Å². The van der Waals surface area contributed by atoms with Crippen LogP contribution < -0.4 is 5.32 Å². The second kappa shape index (κ2) is 4.20. The molecule has 3 nitrogen and oxygen atoms in total. The summed E-state index contributed by atoms with van der Waals surface area (Å²) in [6.07, 6.45) is 4.59. The number of fused-ring (bicyclic) bond motifs is 1. The van der Waals surface area contributed by atoms with Crippen LogP contribution in [0.25, 0.3) is 0 Å². The zero-order chi connectivity index (χ0) is 10.1. The van der Waals surface area contributed by atoms with E-state index in [9.17, 15) is 0 Å². The molecule has 3 rings (SSSR count). The molecule has 0 unspecified atom stereocenters. The highest BCUT2D eigenvalue weighted by molar-refractivity contribution is 7.09. The van der Waals surface area contributed by atoms with E-state index < -0.39 is 0 Å². The number of thiazole rings is 1. The van der Waals surface area contributed by atoms with Crippen molar-refractivity contribution < 1.29 is 0 Å². The van der Waals surface area contributed by atoms with E-state index in [-0.39, 0.29) is 0 Å². The van der Waals surface area contributed by atoms with Gasteiger partial charge < -0.3 is 5.32 Å². The zero-order valence-corrected chi connectivity index (χ0v) is 9.67. The molecule has 1 aromatic heterocycles. The maximum Gasteiger partial charge on any atom is 0.107 e. The minimum absolute atomic E-state index is 0.815. The molecule has 0 aromatic carbocycles. The molecule has 0 amide bonds. The van der Waals surface area contributed by atoms with Gasteiger partial charge >= 0.3 is 0 Å². The lowest BCUT2D eigenvalue weighted by Gasteiger charge is -2.31. The Morgan fingerprint density at radius 3 is 3.40 bits per heavy atom. The summed E-state index contributed by atoms with van der Waals surface area (Å²) in [5, 5.41) is 6.84. The Kier molecular flexibility index (Phi) is 2.73. The fourth-order valence-corrected chi connectivity index (χ4v) is 3.52. The molecule has 1 N–H and O–H groups in total. The van der Waals surface area contributed by atoms with Crippen LogP contribution in [0.1, 0.15) is 17.8 Å². The molecule has 3 heterocycles. The van der Waals surface area contributed by atoms with Gasteiger partial charge in [0.1, 0.15) is 5.01 Å². The summed E-state index contributed by atoms with van der Waals surface area (Å²) in [7, 11) is 0. The van der Waals surface area contributed by atoms with Crippen molar-refractivity contribution in [3.8, 4) is 0 Å². The van der Waals surface area contributed by atoms with Gasteiger partial charge in [0.15, 0.2) is 0 Å². The lowest BCUT2D eigenvalue weighted by atomic mass is 9.94. The van der Waals surface area contributed by atoms with Crippen LogP contribution in [0.2, 0.25) is 0 Å². The predicted molar refractivity (Wildman–Crippen MR) is 61.9 cm³/mol. The Balaban J connectivity index is 1.67. The van der Waals surface area contributed by atoms with Gasteiger partial charge in [-0.25, -0.2) is 4.98 Å². The summed E-state index contributed by atoms with van der Waals surface area (Å²) in [4.78, 5) is 7.01. The van der Waals surface area contributed by atoms with Crippen LogP contribution >= 0.6 is 11.3 Å². The smallest absolute Gasteiger partial charge is 0.107 e. The normalized spacial score (nSPS) is 31.7. The van der Waals surface area contributed by atoms with Crippen LogP contribution in [0, 0.1) is 5.92 Å². The zero-order valence-electron chi connectivity index (χ0n) is 8.85. The lowest BCUT2D eigenvalue weighted by molar-refractivity contribution is 0.184. The summed E-state index contributed by atoms with van der Waals surface area (Å²) < 4.78 is 0. The topological polar surface area (TPSA) is 28.2 Å². The summed E-state index contributed by atoms with van der Waals surface area (Å²) in [6, 6.07) is 0.815. The fraction of sp³-hybridized carbons (Fsp3) is 0.727. The van der Waals surface area contributed by atoms with E-state index in [1.165, 1.54) is 37.5 Å². The number of hydrogen-bond acceptors (Lipinski definition) is 4. The van der Waals surface area contributed by atoms with Gasteiger partial charge in [-0.15, -0.1) is 11.3 Å². The molecule has 2 fully saturated rings. The second-order valence-corrected chi connectivity index (χ2v) is 5.48. The third kappa shape index (κ3) is 1.94. The van der Waals surface area contributed by atoms with E-state index >= 15 is 0 Å². The molecule has 0 saturated carbocycles. The number of rotatable bonds is 2. The number of aromatic nitrogens is 1. The van der Waals surface area contributed by atoms with Crippen LogP contribution in [-0.2, 0) is 6.54 Å². The first-order valence-electron chi connectivity index (χ1n) is 5.76.